The Labute approximate surface area is 85.0 Å². The van der Waals surface area contributed by atoms with E-state index in [1.54, 1.807) is 0 Å². The first-order chi connectivity index (χ1) is 6.45. The van der Waals surface area contributed by atoms with Gasteiger partial charge in [-0.05, 0) is 6.07 Å². The van der Waals surface area contributed by atoms with Crippen molar-refractivity contribution in [2.24, 2.45) is 12.9 Å². The third kappa shape index (κ3) is 2.56. The minimum atomic E-state index is 0.0968. The van der Waals surface area contributed by atoms with Crippen LogP contribution in [0.2, 0.25) is 0 Å². The van der Waals surface area contributed by atoms with Gasteiger partial charge in [0.25, 0.3) is 0 Å². The van der Waals surface area contributed by atoms with Gasteiger partial charge in [0.2, 0.25) is 0 Å². The predicted octanol–water partition coefficient (Wildman–Crippen LogP) is 1.15. The second-order valence-corrected chi connectivity index (χ2v) is 4.52. The summed E-state index contributed by atoms with van der Waals surface area (Å²) in [5, 5.41) is 4.46. The third-order valence-electron chi connectivity index (χ3n) is 2.22. The van der Waals surface area contributed by atoms with Crippen LogP contribution in [-0.4, -0.2) is 16.4 Å². The molecule has 0 aliphatic carbocycles. The van der Waals surface area contributed by atoms with Gasteiger partial charge in [0, 0.05) is 24.6 Å². The van der Waals surface area contributed by atoms with Gasteiger partial charge in [-0.1, -0.05) is 20.8 Å². The molecule has 0 saturated carbocycles. The summed E-state index contributed by atoms with van der Waals surface area (Å²) in [7, 11) is 1.95. The highest BCUT2D eigenvalue weighted by atomic mass is 16.6. The van der Waals surface area contributed by atoms with Crippen LogP contribution in [0.25, 0.3) is 0 Å². The third-order valence-corrected chi connectivity index (χ3v) is 2.22. The molecular formula is C10H19N3O. The van der Waals surface area contributed by atoms with Gasteiger partial charge in [-0.15, -0.1) is 0 Å². The maximum atomic E-state index is 4.99. The van der Waals surface area contributed by atoms with Crippen molar-refractivity contribution >= 4 is 0 Å². The highest BCUT2D eigenvalue weighted by molar-refractivity contribution is 5.17. The molecule has 0 unspecified atom stereocenters. The largest absolute Gasteiger partial charge is 0.304 e. The summed E-state index contributed by atoms with van der Waals surface area (Å²) < 4.78 is 1.89. The van der Waals surface area contributed by atoms with E-state index in [4.69, 9.17) is 5.90 Å². The molecule has 4 nitrogen and oxygen atoms in total. The molecule has 14 heavy (non-hydrogen) atoms. The summed E-state index contributed by atoms with van der Waals surface area (Å²) in [6.07, 6.45) is 0.802. The maximum absolute atomic E-state index is 4.99. The van der Waals surface area contributed by atoms with E-state index in [-0.39, 0.29) is 5.41 Å². The zero-order valence-electron chi connectivity index (χ0n) is 9.37. The molecule has 0 saturated heterocycles. The van der Waals surface area contributed by atoms with E-state index in [9.17, 15) is 0 Å². The molecule has 0 amide bonds. The molecule has 1 aromatic rings. The van der Waals surface area contributed by atoms with Gasteiger partial charge in [-0.25, -0.2) is 5.90 Å². The van der Waals surface area contributed by atoms with E-state index in [1.165, 1.54) is 0 Å². The maximum Gasteiger partial charge on any atom is 0.0734 e. The minimum Gasteiger partial charge on any atom is -0.304 e. The first-order valence-electron chi connectivity index (χ1n) is 4.80. The van der Waals surface area contributed by atoms with Gasteiger partial charge in [0.1, 0.15) is 0 Å². The zero-order chi connectivity index (χ0) is 10.8. The average Bonchev–Trinajstić information content (AvgIpc) is 2.43. The Balaban J connectivity index is 2.82. The molecule has 80 valence electrons. The molecule has 0 aliphatic heterocycles. The van der Waals surface area contributed by atoms with Gasteiger partial charge in [-0.2, -0.15) is 5.10 Å². The zero-order valence-corrected chi connectivity index (χ0v) is 9.37. The lowest BCUT2D eigenvalue weighted by molar-refractivity contribution is 0.140. The fourth-order valence-corrected chi connectivity index (χ4v) is 1.27. The lowest BCUT2D eigenvalue weighted by atomic mass is 9.92. The van der Waals surface area contributed by atoms with Crippen molar-refractivity contribution in [3.8, 4) is 0 Å². The summed E-state index contributed by atoms with van der Waals surface area (Å²) in [6, 6.07) is 2.11. The van der Waals surface area contributed by atoms with Gasteiger partial charge >= 0.3 is 0 Å². The lowest BCUT2D eigenvalue weighted by Crippen LogP contribution is -2.12. The van der Waals surface area contributed by atoms with E-state index >= 15 is 0 Å². The molecule has 4 heteroatoms. The second kappa shape index (κ2) is 4.11. The smallest absolute Gasteiger partial charge is 0.0734 e. The first kappa shape index (κ1) is 11.2. The average molecular weight is 197 g/mol. The molecule has 0 bridgehead atoms. The Morgan fingerprint density at radius 3 is 2.57 bits per heavy atom. The molecule has 1 heterocycles. The van der Waals surface area contributed by atoms with Crippen molar-refractivity contribution in [1.29, 1.82) is 0 Å². The van der Waals surface area contributed by atoms with Gasteiger partial charge in [-0.3, -0.25) is 4.68 Å². The molecule has 0 spiro atoms. The Morgan fingerprint density at radius 2 is 2.14 bits per heavy atom. The van der Waals surface area contributed by atoms with Gasteiger partial charge in [0.05, 0.1) is 12.3 Å². The highest BCUT2D eigenvalue weighted by Gasteiger charge is 2.18. The van der Waals surface area contributed by atoms with Crippen LogP contribution in [0, 0.1) is 0 Å². The van der Waals surface area contributed by atoms with E-state index in [2.05, 4.69) is 36.8 Å². The summed E-state index contributed by atoms with van der Waals surface area (Å²) in [6.45, 7) is 6.98. The van der Waals surface area contributed by atoms with Crippen LogP contribution in [0.15, 0.2) is 6.07 Å². The quantitative estimate of drug-likeness (QED) is 0.739. The molecule has 1 aromatic heterocycles. The minimum absolute atomic E-state index is 0.0968. The van der Waals surface area contributed by atoms with Crippen molar-refractivity contribution < 1.29 is 4.84 Å². The molecule has 0 aromatic carbocycles. The van der Waals surface area contributed by atoms with Crippen LogP contribution in [0.5, 0.6) is 0 Å². The topological polar surface area (TPSA) is 53.1 Å². The molecule has 0 aliphatic rings. The monoisotopic (exact) mass is 197 g/mol. The standard InChI is InChI=1S/C10H19N3O/c1-10(2,3)9-7-8(5-6-14-11)13(4)12-9/h7H,5-6,11H2,1-4H3. The van der Waals surface area contributed by atoms with Crippen LogP contribution < -0.4 is 5.90 Å². The number of aromatic nitrogens is 2. The molecular weight excluding hydrogens is 178 g/mol. The van der Waals surface area contributed by atoms with Crippen molar-refractivity contribution in [2.75, 3.05) is 6.61 Å². The lowest BCUT2D eigenvalue weighted by Gasteiger charge is -2.13. The van der Waals surface area contributed by atoms with Crippen LogP contribution in [-0.2, 0) is 23.7 Å². The second-order valence-electron chi connectivity index (χ2n) is 4.52. The van der Waals surface area contributed by atoms with E-state index in [0.29, 0.717) is 6.61 Å². The molecule has 1 rings (SSSR count). The number of nitrogens with zero attached hydrogens (tertiary/aromatic N) is 2. The first-order valence-corrected chi connectivity index (χ1v) is 4.80. The summed E-state index contributed by atoms with van der Waals surface area (Å²) in [5.41, 5.74) is 2.35. The van der Waals surface area contributed by atoms with Crippen molar-refractivity contribution in [3.05, 3.63) is 17.5 Å². The molecule has 0 atom stereocenters. The molecule has 2 N–H and O–H groups in total. The normalized spacial score (nSPS) is 12.1. The Kier molecular flexibility index (Phi) is 3.29. The number of nitrogens with two attached hydrogens (primary N) is 1. The van der Waals surface area contributed by atoms with Gasteiger partial charge < -0.3 is 4.84 Å². The molecule has 0 radical (unpaired) electrons. The van der Waals surface area contributed by atoms with Crippen LogP contribution in [0.3, 0.4) is 0 Å². The van der Waals surface area contributed by atoms with E-state index < -0.39 is 0 Å². The highest BCUT2D eigenvalue weighted by Crippen LogP contribution is 2.21. The van der Waals surface area contributed by atoms with Crippen molar-refractivity contribution in [1.82, 2.24) is 9.78 Å². The van der Waals surface area contributed by atoms with E-state index in [0.717, 1.165) is 17.8 Å². The Morgan fingerprint density at radius 1 is 1.50 bits per heavy atom. The number of hydrogen-bond donors (Lipinski definition) is 1. The summed E-state index contributed by atoms with van der Waals surface area (Å²) in [5.74, 6) is 4.99. The Hall–Kier alpha value is -0.870. The fraction of sp³-hybridized carbons (Fsp3) is 0.700. The van der Waals surface area contributed by atoms with Crippen LogP contribution in [0.1, 0.15) is 32.2 Å². The van der Waals surface area contributed by atoms with E-state index in [1.807, 2.05) is 11.7 Å². The SMILES string of the molecule is Cn1nc(C(C)(C)C)cc1CCON. The fourth-order valence-electron chi connectivity index (χ4n) is 1.27. The van der Waals surface area contributed by atoms with Crippen LogP contribution in [0.4, 0.5) is 0 Å². The number of rotatable bonds is 3. The van der Waals surface area contributed by atoms with Crippen LogP contribution >= 0.6 is 0 Å². The number of hydrogen-bond acceptors (Lipinski definition) is 3. The van der Waals surface area contributed by atoms with Crippen molar-refractivity contribution in [2.45, 2.75) is 32.6 Å². The van der Waals surface area contributed by atoms with Gasteiger partial charge in [0.15, 0.2) is 0 Å². The number of aryl methyl sites for hydroxylation is 1. The van der Waals surface area contributed by atoms with Crippen molar-refractivity contribution in [3.63, 3.8) is 0 Å². The molecule has 0 fully saturated rings. The summed E-state index contributed by atoms with van der Waals surface area (Å²) in [4.78, 5) is 4.55. The summed E-state index contributed by atoms with van der Waals surface area (Å²) >= 11 is 0. The Bertz CT molecular complexity index is 299. The predicted molar refractivity (Wildman–Crippen MR) is 55.8 cm³/mol.